The highest BCUT2D eigenvalue weighted by Gasteiger charge is 2.13. The van der Waals surface area contributed by atoms with Crippen LogP contribution in [0, 0.1) is 5.92 Å². The molecule has 0 aromatic carbocycles. The van der Waals surface area contributed by atoms with E-state index in [-0.39, 0.29) is 0 Å². The minimum atomic E-state index is 0.349. The molecular formula is C12H23ClO2. The Morgan fingerprint density at radius 2 is 2.27 bits per heavy atom. The number of ether oxygens (including phenoxy) is 2. The second-order valence-electron chi connectivity index (χ2n) is 4.44. The Morgan fingerprint density at radius 1 is 1.40 bits per heavy atom. The number of hydrogen-bond acceptors (Lipinski definition) is 2. The second kappa shape index (κ2) is 8.37. The minimum absolute atomic E-state index is 0.349. The van der Waals surface area contributed by atoms with E-state index in [9.17, 15) is 0 Å². The molecule has 90 valence electrons. The first kappa shape index (κ1) is 13.3. The molecule has 0 amide bonds. The van der Waals surface area contributed by atoms with E-state index in [1.807, 2.05) is 0 Å². The van der Waals surface area contributed by atoms with Crippen LogP contribution in [0.5, 0.6) is 0 Å². The van der Waals surface area contributed by atoms with E-state index >= 15 is 0 Å². The summed E-state index contributed by atoms with van der Waals surface area (Å²) >= 11 is 5.67. The fourth-order valence-corrected chi connectivity index (χ4v) is 2.14. The van der Waals surface area contributed by atoms with Crippen molar-refractivity contribution in [3.05, 3.63) is 0 Å². The van der Waals surface area contributed by atoms with E-state index < -0.39 is 0 Å². The zero-order valence-corrected chi connectivity index (χ0v) is 10.5. The Labute approximate surface area is 98.3 Å². The quantitative estimate of drug-likeness (QED) is 0.498. The fourth-order valence-electron chi connectivity index (χ4n) is 1.77. The average Bonchev–Trinajstić information content (AvgIpc) is 2.26. The van der Waals surface area contributed by atoms with Crippen LogP contribution in [0.3, 0.4) is 0 Å². The number of alkyl halides is 1. The lowest BCUT2D eigenvalue weighted by atomic mass is 10.1. The molecule has 3 heteroatoms. The molecule has 0 bridgehead atoms. The first-order chi connectivity index (χ1) is 7.33. The highest BCUT2D eigenvalue weighted by atomic mass is 35.5. The Kier molecular flexibility index (Phi) is 7.41. The van der Waals surface area contributed by atoms with Gasteiger partial charge in [0, 0.05) is 19.1 Å². The number of rotatable bonds is 7. The van der Waals surface area contributed by atoms with Gasteiger partial charge in [-0.1, -0.05) is 6.92 Å². The van der Waals surface area contributed by atoms with Gasteiger partial charge in [0.25, 0.3) is 0 Å². The SMILES string of the molecule is CC(CCCl)CCOCC1CCCCO1. The monoisotopic (exact) mass is 234 g/mol. The molecule has 1 aliphatic heterocycles. The maximum absolute atomic E-state index is 5.67. The first-order valence-electron chi connectivity index (χ1n) is 6.08. The third-order valence-corrected chi connectivity index (χ3v) is 3.15. The molecule has 1 heterocycles. The Balaban J connectivity index is 1.91. The van der Waals surface area contributed by atoms with Crippen LogP contribution in [0.1, 0.15) is 39.0 Å². The lowest BCUT2D eigenvalue weighted by molar-refractivity contribution is -0.0422. The zero-order chi connectivity index (χ0) is 10.9. The predicted octanol–water partition coefficient (Wildman–Crippen LogP) is 3.23. The van der Waals surface area contributed by atoms with Gasteiger partial charge in [-0.25, -0.2) is 0 Å². The Morgan fingerprint density at radius 3 is 2.93 bits per heavy atom. The molecule has 1 saturated heterocycles. The van der Waals surface area contributed by atoms with Gasteiger partial charge in [0.2, 0.25) is 0 Å². The van der Waals surface area contributed by atoms with Crippen molar-refractivity contribution >= 4 is 11.6 Å². The molecule has 15 heavy (non-hydrogen) atoms. The molecule has 2 atom stereocenters. The van der Waals surface area contributed by atoms with Crippen molar-refractivity contribution in [3.8, 4) is 0 Å². The maximum atomic E-state index is 5.67. The fraction of sp³-hybridized carbons (Fsp3) is 1.00. The molecule has 0 aliphatic carbocycles. The van der Waals surface area contributed by atoms with Crippen LogP contribution in [-0.4, -0.2) is 31.8 Å². The molecule has 2 nitrogen and oxygen atoms in total. The average molecular weight is 235 g/mol. The van der Waals surface area contributed by atoms with E-state index in [0.717, 1.165) is 45.0 Å². The van der Waals surface area contributed by atoms with Gasteiger partial charge in [-0.05, 0) is 38.0 Å². The Bertz CT molecular complexity index is 147. The van der Waals surface area contributed by atoms with Gasteiger partial charge in [0.15, 0.2) is 0 Å². The minimum Gasteiger partial charge on any atom is -0.379 e. The molecule has 0 spiro atoms. The van der Waals surface area contributed by atoms with Crippen LogP contribution >= 0.6 is 11.6 Å². The molecule has 0 aromatic rings. The molecule has 1 aliphatic rings. The number of halogens is 1. The predicted molar refractivity (Wildman–Crippen MR) is 63.5 cm³/mol. The van der Waals surface area contributed by atoms with E-state index in [0.29, 0.717) is 12.0 Å². The van der Waals surface area contributed by atoms with Crippen LogP contribution in [-0.2, 0) is 9.47 Å². The van der Waals surface area contributed by atoms with Crippen molar-refractivity contribution in [2.75, 3.05) is 25.7 Å². The zero-order valence-electron chi connectivity index (χ0n) is 9.71. The van der Waals surface area contributed by atoms with Crippen molar-refractivity contribution < 1.29 is 9.47 Å². The first-order valence-corrected chi connectivity index (χ1v) is 6.61. The topological polar surface area (TPSA) is 18.5 Å². The molecular weight excluding hydrogens is 212 g/mol. The molecule has 1 fully saturated rings. The van der Waals surface area contributed by atoms with Gasteiger partial charge in [-0.15, -0.1) is 11.6 Å². The van der Waals surface area contributed by atoms with E-state index in [1.54, 1.807) is 0 Å². The smallest absolute Gasteiger partial charge is 0.0808 e. The third-order valence-electron chi connectivity index (χ3n) is 2.93. The van der Waals surface area contributed by atoms with Crippen molar-refractivity contribution in [3.63, 3.8) is 0 Å². The summed E-state index contributed by atoms with van der Waals surface area (Å²) in [4.78, 5) is 0. The Hall–Kier alpha value is 0.210. The molecule has 1 rings (SSSR count). The van der Waals surface area contributed by atoms with Crippen LogP contribution in [0.4, 0.5) is 0 Å². The van der Waals surface area contributed by atoms with Crippen LogP contribution in [0.25, 0.3) is 0 Å². The van der Waals surface area contributed by atoms with Gasteiger partial charge in [0.05, 0.1) is 12.7 Å². The van der Waals surface area contributed by atoms with Gasteiger partial charge >= 0.3 is 0 Å². The largest absolute Gasteiger partial charge is 0.379 e. The normalized spacial score (nSPS) is 24.0. The van der Waals surface area contributed by atoms with Gasteiger partial charge < -0.3 is 9.47 Å². The third kappa shape index (κ3) is 6.39. The summed E-state index contributed by atoms with van der Waals surface area (Å²) in [5.41, 5.74) is 0. The summed E-state index contributed by atoms with van der Waals surface area (Å²) in [6.45, 7) is 4.75. The van der Waals surface area contributed by atoms with Gasteiger partial charge in [-0.3, -0.25) is 0 Å². The highest BCUT2D eigenvalue weighted by molar-refractivity contribution is 6.17. The van der Waals surface area contributed by atoms with Crippen LogP contribution < -0.4 is 0 Å². The van der Waals surface area contributed by atoms with E-state index in [2.05, 4.69) is 6.92 Å². The highest BCUT2D eigenvalue weighted by Crippen LogP contribution is 2.13. The summed E-state index contributed by atoms with van der Waals surface area (Å²) in [5, 5.41) is 0. The van der Waals surface area contributed by atoms with Crippen LogP contribution in [0.15, 0.2) is 0 Å². The lowest BCUT2D eigenvalue weighted by Crippen LogP contribution is -2.24. The molecule has 2 unspecified atom stereocenters. The lowest BCUT2D eigenvalue weighted by Gasteiger charge is -2.22. The molecule has 0 N–H and O–H groups in total. The van der Waals surface area contributed by atoms with Crippen molar-refractivity contribution in [2.24, 2.45) is 5.92 Å². The summed E-state index contributed by atoms with van der Waals surface area (Å²) < 4.78 is 11.2. The van der Waals surface area contributed by atoms with Crippen molar-refractivity contribution in [2.45, 2.75) is 45.1 Å². The van der Waals surface area contributed by atoms with Crippen LogP contribution in [0.2, 0.25) is 0 Å². The standard InChI is InChI=1S/C12H23ClO2/c1-11(5-7-13)6-9-14-10-12-4-2-3-8-15-12/h11-12H,2-10H2,1H3. The van der Waals surface area contributed by atoms with E-state index in [4.69, 9.17) is 21.1 Å². The van der Waals surface area contributed by atoms with Gasteiger partial charge in [-0.2, -0.15) is 0 Å². The molecule has 0 saturated carbocycles. The van der Waals surface area contributed by atoms with Crippen molar-refractivity contribution in [1.29, 1.82) is 0 Å². The summed E-state index contributed by atoms with van der Waals surface area (Å²) in [7, 11) is 0. The summed E-state index contributed by atoms with van der Waals surface area (Å²) in [6.07, 6.45) is 6.21. The van der Waals surface area contributed by atoms with Gasteiger partial charge in [0.1, 0.15) is 0 Å². The van der Waals surface area contributed by atoms with E-state index in [1.165, 1.54) is 12.8 Å². The number of hydrogen-bond donors (Lipinski definition) is 0. The second-order valence-corrected chi connectivity index (χ2v) is 4.81. The van der Waals surface area contributed by atoms with Crippen molar-refractivity contribution in [1.82, 2.24) is 0 Å². The summed E-state index contributed by atoms with van der Waals surface area (Å²) in [5.74, 6) is 1.43. The molecule has 0 radical (unpaired) electrons. The summed E-state index contributed by atoms with van der Waals surface area (Å²) in [6, 6.07) is 0. The maximum Gasteiger partial charge on any atom is 0.0808 e. The molecule has 0 aromatic heterocycles.